The second-order valence-electron chi connectivity index (χ2n) is 18.1. The third kappa shape index (κ3) is 15.2. The Hall–Kier alpha value is -2.60. The van der Waals surface area contributed by atoms with E-state index < -0.39 is 0 Å². The van der Waals surface area contributed by atoms with Crippen LogP contribution in [0.2, 0.25) is 0 Å². The highest BCUT2D eigenvalue weighted by Crippen LogP contribution is 2.26. The molecule has 4 fully saturated rings. The quantitative estimate of drug-likeness (QED) is 0.107. The zero-order valence-corrected chi connectivity index (χ0v) is 40.6. The van der Waals surface area contributed by atoms with Crippen LogP contribution in [0.3, 0.4) is 0 Å². The van der Waals surface area contributed by atoms with Crippen molar-refractivity contribution < 1.29 is 23.9 Å². The lowest BCUT2D eigenvalue weighted by Crippen LogP contribution is -2.44. The highest BCUT2D eigenvalue weighted by molar-refractivity contribution is 7.14. The SMILES string of the molecule is CCN(CC)C(=O)[C@@H]1CCCN(Cc2ccc(C(=O)CNCCN3CCC(OC4CCN(CCNCC(=O)c5ccc(CN6CCC[C@@H](C(=O)N(CC)CC)C6)s5)CC4)CC3)s2)C1. The summed E-state index contributed by atoms with van der Waals surface area (Å²) < 4.78 is 6.60. The van der Waals surface area contributed by atoms with Crippen LogP contribution in [0, 0.1) is 11.8 Å². The van der Waals surface area contributed by atoms with E-state index >= 15 is 0 Å². The van der Waals surface area contributed by atoms with E-state index in [4.69, 9.17) is 4.74 Å². The van der Waals surface area contributed by atoms with E-state index in [1.54, 1.807) is 22.7 Å². The minimum atomic E-state index is 0.0774. The number of ketones is 2. The second kappa shape index (κ2) is 25.9. The van der Waals surface area contributed by atoms with E-state index in [2.05, 4.69) is 42.4 Å². The number of nitrogens with one attached hydrogen (secondary N) is 2. The molecular formula is C48H78N8O5S2. The molecule has 2 aromatic heterocycles. The first kappa shape index (κ1) is 49.8. The molecular weight excluding hydrogens is 833 g/mol. The van der Waals surface area contributed by atoms with Crippen molar-refractivity contribution in [3.8, 4) is 0 Å². The number of carbonyl (C=O) groups excluding carboxylic acids is 4. The molecule has 15 heteroatoms. The predicted octanol–water partition coefficient (Wildman–Crippen LogP) is 5.16. The van der Waals surface area contributed by atoms with Gasteiger partial charge in [-0.25, -0.2) is 0 Å². The molecule has 13 nitrogen and oxygen atoms in total. The molecule has 2 atom stereocenters. The van der Waals surface area contributed by atoms with Crippen molar-refractivity contribution in [2.75, 3.05) is 118 Å². The molecule has 0 aromatic carbocycles. The molecule has 2 N–H and O–H groups in total. The normalized spacial score (nSPS) is 21.5. The van der Waals surface area contributed by atoms with E-state index in [0.717, 1.165) is 179 Å². The summed E-state index contributed by atoms with van der Waals surface area (Å²) in [6.07, 6.45) is 8.88. The average Bonchev–Trinajstić information content (AvgIpc) is 3.99. The molecule has 2 amide bonds. The second-order valence-corrected chi connectivity index (χ2v) is 20.5. The van der Waals surface area contributed by atoms with Gasteiger partial charge in [-0.3, -0.25) is 29.0 Å². The molecule has 6 rings (SSSR count). The number of thiophene rings is 2. The third-order valence-electron chi connectivity index (χ3n) is 13.7. The van der Waals surface area contributed by atoms with Gasteiger partial charge in [-0.1, -0.05) is 0 Å². The van der Waals surface area contributed by atoms with Crippen molar-refractivity contribution in [1.29, 1.82) is 0 Å². The minimum absolute atomic E-state index is 0.0774. The average molecular weight is 911 g/mol. The lowest BCUT2D eigenvalue weighted by atomic mass is 9.96. The Bertz CT molecular complexity index is 1590. The minimum Gasteiger partial charge on any atom is -0.375 e. The number of ether oxygens (including phenoxy) is 1. The lowest BCUT2D eigenvalue weighted by Gasteiger charge is -2.37. The van der Waals surface area contributed by atoms with Crippen molar-refractivity contribution >= 4 is 46.1 Å². The molecule has 6 heterocycles. The lowest BCUT2D eigenvalue weighted by molar-refractivity contribution is -0.137. The third-order valence-corrected chi connectivity index (χ3v) is 15.9. The molecule has 4 saturated heterocycles. The van der Waals surface area contributed by atoms with Gasteiger partial charge in [0.25, 0.3) is 0 Å². The fourth-order valence-electron chi connectivity index (χ4n) is 9.92. The van der Waals surface area contributed by atoms with E-state index in [-0.39, 0.29) is 35.2 Å². The van der Waals surface area contributed by atoms with Crippen molar-refractivity contribution in [3.05, 3.63) is 43.8 Å². The van der Waals surface area contributed by atoms with Crippen molar-refractivity contribution in [2.24, 2.45) is 11.8 Å². The number of hydrogen-bond acceptors (Lipinski definition) is 13. The Morgan fingerprint density at radius 3 is 1.35 bits per heavy atom. The number of piperidine rings is 4. The zero-order valence-electron chi connectivity index (χ0n) is 39.0. The van der Waals surface area contributed by atoms with Gasteiger partial charge in [-0.15, -0.1) is 22.7 Å². The van der Waals surface area contributed by atoms with Crippen LogP contribution < -0.4 is 10.6 Å². The van der Waals surface area contributed by atoms with E-state index in [9.17, 15) is 19.2 Å². The standard InChI is InChI=1S/C48H78N8O5S2/c1-5-55(6-2)47(59)37-11-9-23-53(33-37)35-41-13-15-45(62-41)43(57)31-49-21-29-51-25-17-39(18-26-51)61-40-19-27-52(28-20-40)30-22-50-32-44(58)46-16-14-42(63-46)36-54-24-10-12-38(34-54)48(60)56(7-3)8-4/h13-16,37-40,49-50H,5-12,17-36H2,1-4H3/t37-,38-/m1/s1. The Morgan fingerprint density at radius 1 is 0.571 bits per heavy atom. The Kier molecular flexibility index (Phi) is 20.5. The summed E-state index contributed by atoms with van der Waals surface area (Å²) in [5.41, 5.74) is 0. The predicted molar refractivity (Wildman–Crippen MR) is 255 cm³/mol. The smallest absolute Gasteiger partial charge is 0.226 e. The molecule has 63 heavy (non-hydrogen) atoms. The number of carbonyl (C=O) groups is 4. The van der Waals surface area contributed by atoms with E-state index in [1.807, 2.05) is 49.6 Å². The van der Waals surface area contributed by atoms with Gasteiger partial charge in [0.2, 0.25) is 11.8 Å². The maximum absolute atomic E-state index is 13.0. The number of hydrogen-bond donors (Lipinski definition) is 2. The van der Waals surface area contributed by atoms with Gasteiger partial charge in [0.15, 0.2) is 11.6 Å². The molecule has 0 saturated carbocycles. The summed E-state index contributed by atoms with van der Waals surface area (Å²) in [5.74, 6) is 1.02. The van der Waals surface area contributed by atoms with Crippen LogP contribution >= 0.6 is 22.7 Å². The van der Waals surface area contributed by atoms with Crippen molar-refractivity contribution in [1.82, 2.24) is 40.0 Å². The van der Waals surface area contributed by atoms with Crippen LogP contribution in [0.25, 0.3) is 0 Å². The summed E-state index contributed by atoms with van der Waals surface area (Å²) in [5, 5.41) is 6.78. The molecule has 0 spiro atoms. The van der Waals surface area contributed by atoms with E-state index in [1.165, 1.54) is 9.75 Å². The Balaban J connectivity index is 0.774. The van der Waals surface area contributed by atoms with Gasteiger partial charge in [-0.05, 0) is 116 Å². The monoisotopic (exact) mass is 911 g/mol. The Morgan fingerprint density at radius 2 is 0.968 bits per heavy atom. The molecule has 0 radical (unpaired) electrons. The van der Waals surface area contributed by atoms with E-state index in [0.29, 0.717) is 25.3 Å². The highest BCUT2D eigenvalue weighted by atomic mass is 32.1. The number of likely N-dealkylation sites (tertiary alicyclic amines) is 4. The van der Waals surface area contributed by atoms with Crippen LogP contribution in [-0.2, 0) is 27.4 Å². The molecule has 0 unspecified atom stereocenters. The van der Waals surface area contributed by atoms with Gasteiger partial charge >= 0.3 is 0 Å². The summed E-state index contributed by atoms with van der Waals surface area (Å²) >= 11 is 3.19. The summed E-state index contributed by atoms with van der Waals surface area (Å²) in [4.78, 5) is 69.5. The van der Waals surface area contributed by atoms with Gasteiger partial charge < -0.3 is 35.0 Å². The summed E-state index contributed by atoms with van der Waals surface area (Å²) in [6.45, 7) is 24.8. The number of amides is 2. The van der Waals surface area contributed by atoms with Crippen molar-refractivity contribution in [3.63, 3.8) is 0 Å². The molecule has 4 aliphatic heterocycles. The first-order valence-corrected chi connectivity index (χ1v) is 26.1. The number of nitrogens with zero attached hydrogens (tertiary/aromatic N) is 6. The number of rotatable bonds is 24. The highest BCUT2D eigenvalue weighted by Gasteiger charge is 2.31. The first-order valence-electron chi connectivity index (χ1n) is 24.4. The largest absolute Gasteiger partial charge is 0.375 e. The zero-order chi connectivity index (χ0) is 44.6. The molecule has 0 bridgehead atoms. The van der Waals surface area contributed by atoms with Gasteiger partial charge in [-0.2, -0.15) is 0 Å². The number of Topliss-reactive ketones (excluding diaryl/α,β-unsaturated/α-hetero) is 2. The molecule has 0 aliphatic carbocycles. The van der Waals surface area contributed by atoms with Crippen molar-refractivity contribution in [2.45, 2.75) is 104 Å². The summed E-state index contributed by atoms with van der Waals surface area (Å²) in [6, 6.07) is 8.11. The molecule has 4 aliphatic rings. The van der Waals surface area contributed by atoms with Gasteiger partial charge in [0.1, 0.15) is 0 Å². The van der Waals surface area contributed by atoms with Crippen LogP contribution in [0.1, 0.15) is 108 Å². The summed E-state index contributed by atoms with van der Waals surface area (Å²) in [7, 11) is 0. The molecule has 352 valence electrons. The first-order chi connectivity index (χ1) is 30.7. The van der Waals surface area contributed by atoms with Crippen LogP contribution in [0.5, 0.6) is 0 Å². The fraction of sp³-hybridized carbons (Fsp3) is 0.750. The van der Waals surface area contributed by atoms with Crippen LogP contribution in [0.15, 0.2) is 24.3 Å². The molecule has 2 aromatic rings. The van der Waals surface area contributed by atoms with Crippen LogP contribution in [0.4, 0.5) is 0 Å². The maximum atomic E-state index is 13.0. The van der Waals surface area contributed by atoms with Gasteiger partial charge in [0.05, 0.1) is 46.9 Å². The van der Waals surface area contributed by atoms with Crippen LogP contribution in [-0.4, -0.2) is 183 Å². The fourth-order valence-corrected chi connectivity index (χ4v) is 11.9. The maximum Gasteiger partial charge on any atom is 0.226 e. The van der Waals surface area contributed by atoms with Gasteiger partial charge in [0, 0.05) is 114 Å². The Labute approximate surface area is 386 Å². The topological polar surface area (TPSA) is 121 Å².